The Morgan fingerprint density at radius 2 is 2.00 bits per heavy atom. The molecule has 3 aromatic heterocycles. The van der Waals surface area contributed by atoms with Gasteiger partial charge in [0.15, 0.2) is 0 Å². The van der Waals surface area contributed by atoms with E-state index in [2.05, 4.69) is 21.0 Å². The number of hydrogen-bond acceptors (Lipinski definition) is 5. The van der Waals surface area contributed by atoms with Crippen molar-refractivity contribution in [3.05, 3.63) is 30.5 Å². The van der Waals surface area contributed by atoms with Crippen LogP contribution in [-0.4, -0.2) is 39.4 Å². The molecule has 0 saturated heterocycles. The second kappa shape index (κ2) is 8.63. The second-order valence-corrected chi connectivity index (χ2v) is 7.58. The molecular formula is C17H21N6O4P. The van der Waals surface area contributed by atoms with Crippen LogP contribution in [0.4, 0.5) is 0 Å². The molecule has 0 unspecified atom stereocenters. The number of phosphoric acid groups is 1. The van der Waals surface area contributed by atoms with Crippen molar-refractivity contribution in [2.45, 2.75) is 44.6 Å². The Morgan fingerprint density at radius 3 is 2.68 bits per heavy atom. The molecule has 0 atom stereocenters. The first-order chi connectivity index (χ1) is 13.4. The zero-order chi connectivity index (χ0) is 20.1. The number of H-pyrrole nitrogens is 1. The lowest BCUT2D eigenvalue weighted by molar-refractivity contribution is 0.275. The zero-order valence-electron chi connectivity index (χ0n) is 15.1. The highest BCUT2D eigenvalue weighted by Crippen LogP contribution is 2.39. The summed E-state index contributed by atoms with van der Waals surface area (Å²) in [5, 5.41) is 14.6. The highest BCUT2D eigenvalue weighted by atomic mass is 31.2. The van der Waals surface area contributed by atoms with Gasteiger partial charge in [-0.05, 0) is 18.9 Å². The van der Waals surface area contributed by atoms with Crippen molar-refractivity contribution >= 4 is 18.9 Å². The minimum Gasteiger partial charge on any atom is -0.346 e. The van der Waals surface area contributed by atoms with Crippen LogP contribution in [-0.2, 0) is 11.1 Å². The number of aromatic amines is 1. The van der Waals surface area contributed by atoms with E-state index in [1.165, 1.54) is 25.7 Å². The lowest BCUT2D eigenvalue weighted by atomic mass is 9.98. The van der Waals surface area contributed by atoms with Crippen LogP contribution < -0.4 is 0 Å². The molecule has 10 nitrogen and oxygen atoms in total. The highest BCUT2D eigenvalue weighted by molar-refractivity contribution is 7.45. The quantitative estimate of drug-likeness (QED) is 0.482. The maximum Gasteiger partial charge on any atom is 0.466 e. The van der Waals surface area contributed by atoms with E-state index < -0.39 is 7.82 Å². The number of aromatic nitrogens is 5. The Balaban J connectivity index is 0.000000403. The molecule has 0 aliphatic heterocycles. The SMILES string of the molecule is N#CCCn1cc(-c2ncnc3[nH]ccc23)c(C2CCCC2)n1.O=P(O)(O)O. The zero-order valence-corrected chi connectivity index (χ0v) is 16.0. The van der Waals surface area contributed by atoms with Gasteiger partial charge in [-0.15, -0.1) is 0 Å². The average Bonchev–Trinajstić information content (AvgIpc) is 3.37. The molecule has 4 N–H and O–H groups in total. The standard InChI is InChI=1S/C17H18N6.H3O4P/c18-7-3-9-23-10-14(15(22-23)12-4-1-2-5-12)16-13-6-8-19-17(13)21-11-20-16;1-5(2,3)4/h6,8,10-12H,1-5,9H2,(H,19,20,21);(H3,1,2,3,4). The molecule has 0 spiro atoms. The molecule has 1 aliphatic carbocycles. The molecule has 0 bridgehead atoms. The highest BCUT2D eigenvalue weighted by Gasteiger charge is 2.25. The van der Waals surface area contributed by atoms with Gasteiger partial charge in [0, 0.05) is 29.3 Å². The van der Waals surface area contributed by atoms with Crippen molar-refractivity contribution in [2.75, 3.05) is 0 Å². The van der Waals surface area contributed by atoms with Gasteiger partial charge in [-0.25, -0.2) is 14.5 Å². The Morgan fingerprint density at radius 1 is 1.29 bits per heavy atom. The van der Waals surface area contributed by atoms with Crippen molar-refractivity contribution in [1.29, 1.82) is 5.26 Å². The van der Waals surface area contributed by atoms with Gasteiger partial charge in [0.05, 0.1) is 30.4 Å². The number of hydrogen-bond donors (Lipinski definition) is 4. The molecule has 28 heavy (non-hydrogen) atoms. The van der Waals surface area contributed by atoms with E-state index in [9.17, 15) is 0 Å². The van der Waals surface area contributed by atoms with Crippen molar-refractivity contribution < 1.29 is 19.2 Å². The Kier molecular flexibility index (Phi) is 6.21. The van der Waals surface area contributed by atoms with Crippen LogP contribution in [0.5, 0.6) is 0 Å². The van der Waals surface area contributed by atoms with Crippen LogP contribution >= 0.6 is 7.82 Å². The van der Waals surface area contributed by atoms with E-state index in [4.69, 9.17) is 29.6 Å². The summed E-state index contributed by atoms with van der Waals surface area (Å²) in [6.45, 7) is 0.623. The van der Waals surface area contributed by atoms with Crippen molar-refractivity contribution in [3.8, 4) is 17.3 Å². The Bertz CT molecular complexity index is 1020. The van der Waals surface area contributed by atoms with E-state index in [0.717, 1.165) is 28.0 Å². The predicted molar refractivity (Wildman–Crippen MR) is 101 cm³/mol. The normalized spacial score (nSPS) is 14.6. The van der Waals surface area contributed by atoms with Crippen LogP contribution in [0, 0.1) is 11.3 Å². The van der Waals surface area contributed by atoms with E-state index in [1.54, 1.807) is 6.33 Å². The molecule has 4 rings (SSSR count). The summed E-state index contributed by atoms with van der Waals surface area (Å²) in [5.41, 5.74) is 3.99. The number of nitrogens with one attached hydrogen (secondary N) is 1. The van der Waals surface area contributed by atoms with Gasteiger partial charge in [-0.1, -0.05) is 12.8 Å². The third kappa shape index (κ3) is 5.03. The van der Waals surface area contributed by atoms with Crippen molar-refractivity contribution in [3.63, 3.8) is 0 Å². The molecule has 1 fully saturated rings. The molecule has 0 aromatic carbocycles. The molecule has 0 amide bonds. The topological polar surface area (TPSA) is 161 Å². The van der Waals surface area contributed by atoms with Gasteiger partial charge >= 0.3 is 7.82 Å². The van der Waals surface area contributed by atoms with Crippen molar-refractivity contribution in [1.82, 2.24) is 24.7 Å². The number of rotatable bonds is 4. The fourth-order valence-corrected chi connectivity index (χ4v) is 3.49. The molecule has 1 aliphatic rings. The van der Waals surface area contributed by atoms with E-state index in [1.807, 2.05) is 23.1 Å². The minimum absolute atomic E-state index is 0.467. The van der Waals surface area contributed by atoms with Crippen LogP contribution in [0.3, 0.4) is 0 Å². The first-order valence-electron chi connectivity index (χ1n) is 8.88. The monoisotopic (exact) mass is 404 g/mol. The summed E-state index contributed by atoms with van der Waals surface area (Å²) in [5.74, 6) is 0.497. The molecule has 0 radical (unpaired) electrons. The minimum atomic E-state index is -4.64. The largest absolute Gasteiger partial charge is 0.466 e. The van der Waals surface area contributed by atoms with Crippen LogP contribution in [0.2, 0.25) is 0 Å². The smallest absolute Gasteiger partial charge is 0.346 e. The summed E-state index contributed by atoms with van der Waals surface area (Å²) < 4.78 is 10.8. The fourth-order valence-electron chi connectivity index (χ4n) is 3.49. The van der Waals surface area contributed by atoms with Gasteiger partial charge in [-0.2, -0.15) is 10.4 Å². The van der Waals surface area contributed by atoms with Gasteiger partial charge in [0.25, 0.3) is 0 Å². The maximum atomic E-state index is 8.88. The molecule has 148 valence electrons. The Hall–Kier alpha value is -2.57. The summed E-state index contributed by atoms with van der Waals surface area (Å²) in [4.78, 5) is 33.5. The third-order valence-electron chi connectivity index (χ3n) is 4.59. The van der Waals surface area contributed by atoms with E-state index >= 15 is 0 Å². The fraction of sp³-hybridized carbons (Fsp3) is 0.412. The number of nitriles is 1. The molecule has 11 heteroatoms. The Labute approximate surface area is 161 Å². The second-order valence-electron chi connectivity index (χ2n) is 6.56. The summed E-state index contributed by atoms with van der Waals surface area (Å²) in [7, 11) is -4.64. The van der Waals surface area contributed by atoms with Crippen LogP contribution in [0.15, 0.2) is 24.8 Å². The predicted octanol–water partition coefficient (Wildman–Crippen LogP) is 2.46. The van der Waals surface area contributed by atoms with Gasteiger partial charge in [0.2, 0.25) is 0 Å². The molecular weight excluding hydrogens is 383 g/mol. The molecule has 1 saturated carbocycles. The lowest BCUT2D eigenvalue weighted by Crippen LogP contribution is -2.01. The summed E-state index contributed by atoms with van der Waals surface area (Å²) in [6, 6.07) is 4.20. The third-order valence-corrected chi connectivity index (χ3v) is 4.59. The molecule has 3 aromatic rings. The first kappa shape index (κ1) is 20.2. The van der Waals surface area contributed by atoms with E-state index in [0.29, 0.717) is 18.9 Å². The van der Waals surface area contributed by atoms with Gasteiger partial charge < -0.3 is 19.7 Å². The van der Waals surface area contributed by atoms with Gasteiger partial charge in [-0.3, -0.25) is 4.68 Å². The lowest BCUT2D eigenvalue weighted by Gasteiger charge is -2.08. The van der Waals surface area contributed by atoms with Crippen molar-refractivity contribution in [2.24, 2.45) is 0 Å². The van der Waals surface area contributed by atoms with E-state index in [-0.39, 0.29) is 0 Å². The molecule has 3 heterocycles. The van der Waals surface area contributed by atoms with Gasteiger partial charge in [0.1, 0.15) is 12.0 Å². The maximum absolute atomic E-state index is 8.88. The number of fused-ring (bicyclic) bond motifs is 1. The number of aryl methyl sites for hydroxylation is 1. The average molecular weight is 404 g/mol. The summed E-state index contributed by atoms with van der Waals surface area (Å²) >= 11 is 0. The van der Waals surface area contributed by atoms with Crippen LogP contribution in [0.1, 0.15) is 43.7 Å². The van der Waals surface area contributed by atoms with Crippen LogP contribution in [0.25, 0.3) is 22.3 Å². The summed E-state index contributed by atoms with van der Waals surface area (Å²) in [6.07, 6.45) is 10.9. The number of nitrogens with zero attached hydrogens (tertiary/aromatic N) is 5. The first-order valence-corrected chi connectivity index (χ1v) is 10.4.